The van der Waals surface area contributed by atoms with Crippen LogP contribution >= 0.6 is 0 Å². The maximum Gasteiger partial charge on any atom is 0.138 e. The lowest BCUT2D eigenvalue weighted by Gasteiger charge is -2.15. The van der Waals surface area contributed by atoms with E-state index in [1.165, 1.54) is 19.3 Å². The normalized spacial score (nSPS) is 18.0. The molecule has 0 aliphatic heterocycles. The van der Waals surface area contributed by atoms with Gasteiger partial charge >= 0.3 is 0 Å². The first kappa shape index (κ1) is 10.6. The van der Waals surface area contributed by atoms with Crippen molar-refractivity contribution in [3.8, 4) is 0 Å². The summed E-state index contributed by atoms with van der Waals surface area (Å²) in [7, 11) is 2.04. The molecule has 4 heteroatoms. The number of rotatable bonds is 6. The quantitative estimate of drug-likeness (QED) is 0.764. The summed E-state index contributed by atoms with van der Waals surface area (Å²) in [5, 5.41) is 7.58. The molecule has 15 heavy (non-hydrogen) atoms. The van der Waals surface area contributed by atoms with E-state index in [2.05, 4.69) is 22.3 Å². The van der Waals surface area contributed by atoms with Gasteiger partial charge in [0.1, 0.15) is 12.2 Å². The fourth-order valence-corrected chi connectivity index (χ4v) is 1.99. The summed E-state index contributed by atoms with van der Waals surface area (Å²) in [5.41, 5.74) is 0. The van der Waals surface area contributed by atoms with Crippen LogP contribution in [0.5, 0.6) is 0 Å². The third-order valence-electron chi connectivity index (χ3n) is 3.15. The van der Waals surface area contributed by atoms with Crippen LogP contribution in [0.25, 0.3) is 0 Å². The minimum Gasteiger partial charge on any atom is -0.317 e. The Morgan fingerprint density at radius 3 is 3.00 bits per heavy atom. The minimum absolute atomic E-state index is 0.562. The maximum atomic E-state index is 4.31. The van der Waals surface area contributed by atoms with Gasteiger partial charge in [-0.2, -0.15) is 5.10 Å². The average molecular weight is 208 g/mol. The van der Waals surface area contributed by atoms with E-state index in [0.29, 0.717) is 6.04 Å². The Morgan fingerprint density at radius 2 is 2.40 bits per heavy atom. The van der Waals surface area contributed by atoms with E-state index < -0.39 is 0 Å². The lowest BCUT2D eigenvalue weighted by molar-refractivity contribution is 0.466. The van der Waals surface area contributed by atoms with Crippen molar-refractivity contribution in [1.82, 2.24) is 20.1 Å². The number of aromatic nitrogens is 3. The zero-order valence-electron chi connectivity index (χ0n) is 9.61. The summed E-state index contributed by atoms with van der Waals surface area (Å²) < 4.78 is 1.98. The number of hydrogen-bond donors (Lipinski definition) is 1. The molecule has 0 spiro atoms. The minimum atomic E-state index is 0.562. The molecule has 1 fully saturated rings. The molecule has 0 aromatic carbocycles. The van der Waals surface area contributed by atoms with Gasteiger partial charge in [-0.15, -0.1) is 0 Å². The first-order chi connectivity index (χ1) is 7.33. The van der Waals surface area contributed by atoms with Gasteiger partial charge in [0.05, 0.1) is 0 Å². The molecule has 84 valence electrons. The van der Waals surface area contributed by atoms with Crippen molar-refractivity contribution in [3.63, 3.8) is 0 Å². The summed E-state index contributed by atoms with van der Waals surface area (Å²) in [5.74, 6) is 2.07. The average Bonchev–Trinajstić information content (AvgIpc) is 2.95. The molecule has 1 aromatic rings. The molecule has 1 N–H and O–H groups in total. The van der Waals surface area contributed by atoms with Crippen molar-refractivity contribution in [2.24, 2.45) is 5.92 Å². The molecule has 2 rings (SSSR count). The van der Waals surface area contributed by atoms with E-state index >= 15 is 0 Å². The van der Waals surface area contributed by atoms with Crippen molar-refractivity contribution in [3.05, 3.63) is 12.2 Å². The van der Waals surface area contributed by atoms with Gasteiger partial charge in [-0.1, -0.05) is 12.8 Å². The van der Waals surface area contributed by atoms with Gasteiger partial charge in [0.15, 0.2) is 0 Å². The standard InChI is InChI=1S/C11H20N4/c1-3-15-11(13-8-14-15)7-10(12-2)6-9-4-5-9/h8-10,12H,3-7H2,1-2H3. The molecule has 1 aromatic heterocycles. The maximum absolute atomic E-state index is 4.31. The first-order valence-corrected chi connectivity index (χ1v) is 5.87. The molecule has 4 nitrogen and oxygen atoms in total. The highest BCUT2D eigenvalue weighted by Crippen LogP contribution is 2.33. The molecule has 0 amide bonds. The second kappa shape index (κ2) is 4.75. The SMILES string of the molecule is CCn1ncnc1CC(CC1CC1)NC. The first-order valence-electron chi connectivity index (χ1n) is 5.87. The van der Waals surface area contributed by atoms with Gasteiger partial charge in [0, 0.05) is 19.0 Å². The number of likely N-dealkylation sites (N-methyl/N-ethyl adjacent to an activating group) is 1. The smallest absolute Gasteiger partial charge is 0.138 e. The third-order valence-corrected chi connectivity index (χ3v) is 3.15. The summed E-state index contributed by atoms with van der Waals surface area (Å²) in [6.45, 7) is 3.02. The van der Waals surface area contributed by atoms with Crippen LogP contribution in [-0.4, -0.2) is 27.9 Å². The lowest BCUT2D eigenvalue weighted by Crippen LogP contribution is -2.29. The Kier molecular flexibility index (Phi) is 3.36. The Hall–Kier alpha value is -0.900. The van der Waals surface area contributed by atoms with E-state index in [1.807, 2.05) is 11.7 Å². The lowest BCUT2D eigenvalue weighted by atomic mass is 10.1. The summed E-state index contributed by atoms with van der Waals surface area (Å²) >= 11 is 0. The van der Waals surface area contributed by atoms with E-state index in [4.69, 9.17) is 0 Å². The van der Waals surface area contributed by atoms with Gasteiger partial charge in [-0.25, -0.2) is 4.98 Å². The molecular formula is C11H20N4. The molecule has 1 unspecified atom stereocenters. The Bertz CT molecular complexity index is 303. The molecule has 1 saturated carbocycles. The highest BCUT2D eigenvalue weighted by Gasteiger charge is 2.25. The fourth-order valence-electron chi connectivity index (χ4n) is 1.99. The molecule has 0 saturated heterocycles. The third kappa shape index (κ3) is 2.78. The van der Waals surface area contributed by atoms with Gasteiger partial charge in [0.25, 0.3) is 0 Å². The predicted molar refractivity (Wildman–Crippen MR) is 59.6 cm³/mol. The number of nitrogens with one attached hydrogen (secondary N) is 1. The van der Waals surface area contributed by atoms with E-state index in [-0.39, 0.29) is 0 Å². The van der Waals surface area contributed by atoms with E-state index in [0.717, 1.165) is 24.7 Å². The van der Waals surface area contributed by atoms with E-state index in [9.17, 15) is 0 Å². The van der Waals surface area contributed by atoms with Crippen molar-refractivity contribution in [2.45, 2.75) is 45.2 Å². The molecule has 1 aliphatic rings. The van der Waals surface area contributed by atoms with Gasteiger partial charge in [-0.05, 0) is 26.3 Å². The zero-order valence-corrected chi connectivity index (χ0v) is 9.61. The van der Waals surface area contributed by atoms with Crippen LogP contribution in [0.15, 0.2) is 6.33 Å². The largest absolute Gasteiger partial charge is 0.317 e. The fraction of sp³-hybridized carbons (Fsp3) is 0.818. The van der Waals surface area contributed by atoms with Crippen LogP contribution in [0.3, 0.4) is 0 Å². The second-order valence-corrected chi connectivity index (χ2v) is 4.36. The van der Waals surface area contributed by atoms with Crippen LogP contribution in [0, 0.1) is 5.92 Å². The predicted octanol–water partition coefficient (Wildman–Crippen LogP) is 1.23. The highest BCUT2D eigenvalue weighted by atomic mass is 15.3. The molecule has 1 aliphatic carbocycles. The van der Waals surface area contributed by atoms with Gasteiger partial charge < -0.3 is 5.32 Å². The molecular weight excluding hydrogens is 188 g/mol. The van der Waals surface area contributed by atoms with Gasteiger partial charge in [0.2, 0.25) is 0 Å². The molecule has 0 radical (unpaired) electrons. The second-order valence-electron chi connectivity index (χ2n) is 4.36. The topological polar surface area (TPSA) is 42.7 Å². The van der Waals surface area contributed by atoms with Crippen molar-refractivity contribution in [1.29, 1.82) is 0 Å². The van der Waals surface area contributed by atoms with Crippen molar-refractivity contribution < 1.29 is 0 Å². The van der Waals surface area contributed by atoms with Crippen LogP contribution < -0.4 is 5.32 Å². The summed E-state index contributed by atoms with van der Waals surface area (Å²) in [6.07, 6.45) is 6.77. The van der Waals surface area contributed by atoms with Crippen molar-refractivity contribution in [2.75, 3.05) is 7.05 Å². The van der Waals surface area contributed by atoms with Crippen LogP contribution in [0.4, 0.5) is 0 Å². The van der Waals surface area contributed by atoms with Crippen molar-refractivity contribution >= 4 is 0 Å². The summed E-state index contributed by atoms with van der Waals surface area (Å²) in [4.78, 5) is 4.31. The molecule has 1 atom stereocenters. The Balaban J connectivity index is 1.92. The molecule has 1 heterocycles. The summed E-state index contributed by atoms with van der Waals surface area (Å²) in [6, 6.07) is 0.562. The van der Waals surface area contributed by atoms with Crippen LogP contribution in [0.2, 0.25) is 0 Å². The van der Waals surface area contributed by atoms with Gasteiger partial charge in [-0.3, -0.25) is 4.68 Å². The monoisotopic (exact) mass is 208 g/mol. The Labute approximate surface area is 91.1 Å². The van der Waals surface area contributed by atoms with E-state index in [1.54, 1.807) is 6.33 Å². The number of nitrogens with zero attached hydrogens (tertiary/aromatic N) is 3. The van der Waals surface area contributed by atoms with Crippen LogP contribution in [0.1, 0.15) is 32.0 Å². The Morgan fingerprint density at radius 1 is 1.60 bits per heavy atom. The number of hydrogen-bond acceptors (Lipinski definition) is 3. The highest BCUT2D eigenvalue weighted by molar-refractivity contribution is 4.91. The zero-order chi connectivity index (χ0) is 10.7. The van der Waals surface area contributed by atoms with Crippen LogP contribution in [-0.2, 0) is 13.0 Å². The molecule has 0 bridgehead atoms. The number of aryl methyl sites for hydroxylation is 1.